The van der Waals surface area contributed by atoms with Gasteiger partial charge in [-0.25, -0.2) is 4.79 Å². The van der Waals surface area contributed by atoms with Gasteiger partial charge in [0.1, 0.15) is 11.4 Å². The van der Waals surface area contributed by atoms with Crippen molar-refractivity contribution in [1.29, 1.82) is 0 Å². The highest BCUT2D eigenvalue weighted by Gasteiger charge is 2.62. The molecule has 2 aromatic rings. The second-order valence-electron chi connectivity index (χ2n) is 8.86. The van der Waals surface area contributed by atoms with E-state index in [0.29, 0.717) is 11.8 Å². The van der Waals surface area contributed by atoms with E-state index in [1.165, 1.54) is 22.3 Å². The van der Waals surface area contributed by atoms with Gasteiger partial charge in [0.05, 0.1) is 19.2 Å². The van der Waals surface area contributed by atoms with E-state index in [0.717, 1.165) is 5.75 Å². The third-order valence-electron chi connectivity index (χ3n) is 6.11. The normalized spacial score (nSPS) is 26.9. The van der Waals surface area contributed by atoms with Crippen molar-refractivity contribution in [1.82, 2.24) is 4.90 Å². The van der Waals surface area contributed by atoms with Gasteiger partial charge in [-0.2, -0.15) is 0 Å². The van der Waals surface area contributed by atoms with Gasteiger partial charge in [-0.3, -0.25) is 4.90 Å². The summed E-state index contributed by atoms with van der Waals surface area (Å²) in [5.74, 6) is 1.53. The minimum Gasteiger partial charge on any atom is -0.497 e. The zero-order valence-corrected chi connectivity index (χ0v) is 16.7. The molecule has 0 aromatic heterocycles. The van der Waals surface area contributed by atoms with Gasteiger partial charge in [0.25, 0.3) is 0 Å². The van der Waals surface area contributed by atoms with E-state index in [1.807, 2.05) is 37.8 Å². The summed E-state index contributed by atoms with van der Waals surface area (Å²) < 4.78 is 11.1. The fraction of sp³-hybridized carbons (Fsp3) is 0.375. The average Bonchev–Trinajstić information content (AvgIpc) is 3.08. The molecule has 3 aliphatic rings. The fourth-order valence-corrected chi connectivity index (χ4v) is 5.07. The Kier molecular flexibility index (Phi) is 3.64. The van der Waals surface area contributed by atoms with Crippen LogP contribution in [-0.2, 0) is 4.74 Å². The molecule has 28 heavy (non-hydrogen) atoms. The maximum Gasteiger partial charge on any atom is 0.411 e. The Labute approximate surface area is 165 Å². The number of fused-ring (bicyclic) bond motifs is 8. The van der Waals surface area contributed by atoms with Gasteiger partial charge in [-0.15, -0.1) is 0 Å². The van der Waals surface area contributed by atoms with Crippen LogP contribution in [0.5, 0.6) is 5.75 Å². The van der Waals surface area contributed by atoms with Crippen molar-refractivity contribution in [2.75, 3.05) is 7.11 Å². The van der Waals surface area contributed by atoms with Gasteiger partial charge in [0.2, 0.25) is 0 Å². The average molecular weight is 375 g/mol. The van der Waals surface area contributed by atoms with E-state index < -0.39 is 5.60 Å². The summed E-state index contributed by atoms with van der Waals surface area (Å²) >= 11 is 0. The number of rotatable bonds is 2. The molecule has 1 aliphatic carbocycles. The van der Waals surface area contributed by atoms with E-state index in [4.69, 9.17) is 9.47 Å². The molecule has 2 bridgehead atoms. The fourth-order valence-electron chi connectivity index (χ4n) is 5.07. The highest BCUT2D eigenvalue weighted by molar-refractivity contribution is 5.81. The van der Waals surface area contributed by atoms with Crippen LogP contribution in [-0.4, -0.2) is 23.7 Å². The van der Waals surface area contributed by atoms with Crippen LogP contribution < -0.4 is 4.74 Å². The molecule has 0 radical (unpaired) electrons. The monoisotopic (exact) mass is 375 g/mol. The number of carbonyl (C=O) groups is 1. The molecule has 4 unspecified atom stereocenters. The number of benzene rings is 2. The summed E-state index contributed by atoms with van der Waals surface area (Å²) in [7, 11) is 1.68. The maximum absolute atomic E-state index is 13.1. The number of hydrogen-bond acceptors (Lipinski definition) is 3. The Balaban J connectivity index is 1.52. The number of hydrogen-bond donors (Lipinski definition) is 0. The number of amides is 1. The second-order valence-corrected chi connectivity index (χ2v) is 8.86. The Morgan fingerprint density at radius 1 is 0.964 bits per heavy atom. The smallest absolute Gasteiger partial charge is 0.411 e. The minimum absolute atomic E-state index is 0.0446. The maximum atomic E-state index is 13.1. The van der Waals surface area contributed by atoms with Gasteiger partial charge in [0.15, 0.2) is 0 Å². The standard InChI is InChI=1S/C24H25NO3/c1-24(2,3)28-23(26)25-21-16-7-5-6-8-17(16)22(25)20-18(13-19(20)21)14-9-11-15(27-4)12-10-14/h5-13,19-22H,1-4H3. The first-order valence-corrected chi connectivity index (χ1v) is 9.85. The first-order chi connectivity index (χ1) is 13.4. The highest BCUT2D eigenvalue weighted by atomic mass is 16.6. The lowest BCUT2D eigenvalue weighted by atomic mass is 9.63. The zero-order chi connectivity index (χ0) is 19.6. The molecule has 1 saturated heterocycles. The van der Waals surface area contributed by atoms with Crippen molar-refractivity contribution in [3.05, 3.63) is 71.3 Å². The summed E-state index contributed by atoms with van der Waals surface area (Å²) in [4.78, 5) is 15.1. The van der Waals surface area contributed by atoms with Crippen LogP contribution in [0.15, 0.2) is 54.6 Å². The van der Waals surface area contributed by atoms with Crippen molar-refractivity contribution in [3.8, 4) is 5.75 Å². The lowest BCUT2D eigenvalue weighted by Crippen LogP contribution is -2.35. The van der Waals surface area contributed by atoms with Crippen LogP contribution in [0.2, 0.25) is 0 Å². The molecule has 4 heteroatoms. The van der Waals surface area contributed by atoms with Gasteiger partial charge < -0.3 is 9.47 Å². The molecule has 0 N–H and O–H groups in total. The molecule has 0 saturated carbocycles. The molecule has 0 spiro atoms. The third-order valence-corrected chi connectivity index (χ3v) is 6.11. The van der Waals surface area contributed by atoms with Crippen LogP contribution in [0, 0.1) is 11.8 Å². The Morgan fingerprint density at radius 2 is 1.61 bits per heavy atom. The summed E-state index contributed by atoms with van der Waals surface area (Å²) in [6.07, 6.45) is 2.13. The SMILES string of the molecule is COc1ccc(C2=CC3C2C2c4ccccc4C3N2C(=O)OC(C)(C)C)cc1. The molecular weight excluding hydrogens is 350 g/mol. The lowest BCUT2D eigenvalue weighted by molar-refractivity contribution is 0.0166. The molecule has 5 rings (SSSR count). The van der Waals surface area contributed by atoms with E-state index in [1.54, 1.807) is 7.11 Å². The minimum atomic E-state index is -0.503. The lowest BCUT2D eigenvalue weighted by Gasteiger charge is -2.38. The molecule has 2 heterocycles. The third kappa shape index (κ3) is 2.40. The van der Waals surface area contributed by atoms with Crippen molar-refractivity contribution < 1.29 is 14.3 Å². The number of methoxy groups -OCH3 is 1. The van der Waals surface area contributed by atoms with Crippen molar-refractivity contribution in [3.63, 3.8) is 0 Å². The molecule has 1 amide bonds. The highest BCUT2D eigenvalue weighted by Crippen LogP contribution is 2.67. The van der Waals surface area contributed by atoms with E-state index >= 15 is 0 Å². The summed E-state index contributed by atoms with van der Waals surface area (Å²) in [5.41, 5.74) is 4.55. The molecule has 2 aromatic carbocycles. The van der Waals surface area contributed by atoms with E-state index in [-0.39, 0.29) is 18.2 Å². The first kappa shape index (κ1) is 17.4. The van der Waals surface area contributed by atoms with E-state index in [9.17, 15) is 4.79 Å². The number of ether oxygens (including phenoxy) is 2. The summed E-state index contributed by atoms with van der Waals surface area (Å²) in [6.45, 7) is 5.77. The molecule has 4 nitrogen and oxygen atoms in total. The molecule has 2 aliphatic heterocycles. The molecular formula is C24H25NO3. The van der Waals surface area contributed by atoms with Crippen molar-refractivity contribution >= 4 is 11.7 Å². The molecule has 144 valence electrons. The second kappa shape index (κ2) is 5.87. The summed E-state index contributed by atoms with van der Waals surface area (Å²) in [6, 6.07) is 16.8. The Bertz CT molecular complexity index is 970. The van der Waals surface area contributed by atoms with Crippen LogP contribution in [0.1, 0.15) is 49.5 Å². The predicted molar refractivity (Wildman–Crippen MR) is 108 cm³/mol. The van der Waals surface area contributed by atoms with Crippen molar-refractivity contribution in [2.45, 2.75) is 38.5 Å². The topological polar surface area (TPSA) is 38.8 Å². The zero-order valence-electron chi connectivity index (χ0n) is 16.7. The van der Waals surface area contributed by atoms with Crippen LogP contribution in [0.25, 0.3) is 5.57 Å². The molecule has 4 atom stereocenters. The Morgan fingerprint density at radius 3 is 2.21 bits per heavy atom. The summed E-state index contributed by atoms with van der Waals surface area (Å²) in [5, 5.41) is 0. The van der Waals surface area contributed by atoms with Gasteiger partial charge in [-0.05, 0) is 55.2 Å². The van der Waals surface area contributed by atoms with Gasteiger partial charge in [-0.1, -0.05) is 42.5 Å². The quantitative estimate of drug-likeness (QED) is 0.708. The van der Waals surface area contributed by atoms with Crippen molar-refractivity contribution in [2.24, 2.45) is 11.8 Å². The first-order valence-electron chi connectivity index (χ1n) is 9.85. The van der Waals surface area contributed by atoms with Gasteiger partial charge >= 0.3 is 6.09 Å². The molecule has 1 fully saturated rings. The number of nitrogens with zero attached hydrogens (tertiary/aromatic N) is 1. The Hall–Kier alpha value is -2.75. The van der Waals surface area contributed by atoms with E-state index in [2.05, 4.69) is 42.5 Å². The van der Waals surface area contributed by atoms with Crippen LogP contribution >= 0.6 is 0 Å². The van der Waals surface area contributed by atoms with Crippen LogP contribution in [0.4, 0.5) is 4.79 Å². The largest absolute Gasteiger partial charge is 0.497 e. The number of carbonyl (C=O) groups excluding carboxylic acids is 1. The van der Waals surface area contributed by atoms with Crippen LogP contribution in [0.3, 0.4) is 0 Å². The van der Waals surface area contributed by atoms with Gasteiger partial charge in [0, 0.05) is 11.8 Å². The predicted octanol–water partition coefficient (Wildman–Crippen LogP) is 5.37.